The minimum atomic E-state index is -4.50. The van der Waals surface area contributed by atoms with Crippen LogP contribution in [0.5, 0.6) is 0 Å². The van der Waals surface area contributed by atoms with Gasteiger partial charge in [-0.25, -0.2) is 0 Å². The Kier molecular flexibility index (Phi) is 23.4. The Labute approximate surface area is 261 Å². The van der Waals surface area contributed by atoms with Gasteiger partial charge < -0.3 is 60.0 Å². The summed E-state index contributed by atoms with van der Waals surface area (Å²) in [4.78, 5) is 10.5. The van der Waals surface area contributed by atoms with E-state index in [-0.39, 0.29) is 28.8 Å². The molecule has 0 bridgehead atoms. The third-order valence-corrected chi connectivity index (χ3v) is 5.42. The van der Waals surface area contributed by atoms with Gasteiger partial charge >= 0.3 is 6.18 Å². The second-order valence-corrected chi connectivity index (χ2v) is 9.25. The molecule has 0 aliphatic rings. The monoisotopic (exact) mass is 658 g/mol. The summed E-state index contributed by atoms with van der Waals surface area (Å²) >= 11 is 5.09. The normalized spacial score (nSPS) is 11.5. The van der Waals surface area contributed by atoms with Crippen LogP contribution < -0.4 is 22.1 Å². The third-order valence-electron chi connectivity index (χ3n) is 5.17. The number of anilines is 2. The first-order valence-electron chi connectivity index (χ1n) is 14.1. The Bertz CT molecular complexity index is 905. The maximum Gasteiger partial charge on any atom is 0.416 e. The van der Waals surface area contributed by atoms with Gasteiger partial charge in [-0.3, -0.25) is 4.79 Å². The van der Waals surface area contributed by atoms with Crippen molar-refractivity contribution in [2.45, 2.75) is 12.6 Å². The number of alkyl halides is 3. The predicted octanol–water partition coefficient (Wildman–Crippen LogP) is 1.58. The van der Waals surface area contributed by atoms with E-state index in [0.717, 1.165) is 12.1 Å². The first-order valence-corrected chi connectivity index (χ1v) is 14.5. The average molecular weight is 659 g/mol. The van der Waals surface area contributed by atoms with Crippen molar-refractivity contribution in [2.24, 2.45) is 5.73 Å². The van der Waals surface area contributed by atoms with Crippen LogP contribution in [0, 0.1) is 0 Å². The van der Waals surface area contributed by atoms with Gasteiger partial charge in [-0.2, -0.15) is 13.2 Å². The molecular formula is C27H45F3N4O9S. The summed E-state index contributed by atoms with van der Waals surface area (Å²) in [6, 6.07) is 3.16. The Balaban J connectivity index is 1.78. The van der Waals surface area contributed by atoms with Gasteiger partial charge in [0.05, 0.1) is 111 Å². The number of hydrogen-bond acceptors (Lipinski definition) is 11. The maximum absolute atomic E-state index is 12.9. The lowest BCUT2D eigenvalue weighted by molar-refractivity contribution is -0.137. The molecule has 0 aromatic heterocycles. The molecule has 6 N–H and O–H groups in total. The van der Waals surface area contributed by atoms with Crippen molar-refractivity contribution >= 4 is 34.6 Å². The molecule has 13 nitrogen and oxygen atoms in total. The molecule has 254 valence electrons. The van der Waals surface area contributed by atoms with Crippen molar-refractivity contribution in [2.75, 3.05) is 123 Å². The molecule has 0 saturated heterocycles. The van der Waals surface area contributed by atoms with Gasteiger partial charge in [0, 0.05) is 24.3 Å². The molecule has 0 heterocycles. The largest absolute Gasteiger partial charge is 0.416 e. The number of rotatable bonds is 28. The van der Waals surface area contributed by atoms with Gasteiger partial charge in [-0.05, 0) is 30.4 Å². The molecule has 0 spiro atoms. The molecule has 1 rings (SSSR count). The first kappa shape index (κ1) is 39.7. The second kappa shape index (κ2) is 25.9. The van der Waals surface area contributed by atoms with E-state index >= 15 is 0 Å². The van der Waals surface area contributed by atoms with Gasteiger partial charge in [0.25, 0.3) is 0 Å². The number of benzene rings is 1. The number of thiocarbonyl (C=S) groups is 1. The van der Waals surface area contributed by atoms with E-state index in [4.69, 9.17) is 61.6 Å². The number of nitrogens with two attached hydrogens (primary N) is 2. The van der Waals surface area contributed by atoms with E-state index < -0.39 is 11.7 Å². The van der Waals surface area contributed by atoms with Gasteiger partial charge in [0.1, 0.15) is 0 Å². The predicted molar refractivity (Wildman–Crippen MR) is 160 cm³/mol. The molecule has 0 aliphatic heterocycles. The second-order valence-electron chi connectivity index (χ2n) is 8.84. The lowest BCUT2D eigenvalue weighted by Gasteiger charge is -2.14. The van der Waals surface area contributed by atoms with Crippen molar-refractivity contribution in [3.63, 3.8) is 0 Å². The Morgan fingerprint density at radius 3 is 1.43 bits per heavy atom. The van der Waals surface area contributed by atoms with Gasteiger partial charge in [-0.15, -0.1) is 0 Å². The summed E-state index contributed by atoms with van der Waals surface area (Å²) in [5.41, 5.74) is 9.81. The van der Waals surface area contributed by atoms with Gasteiger partial charge in [0.15, 0.2) is 5.11 Å². The summed E-state index contributed by atoms with van der Waals surface area (Å²) in [5.74, 6) is -0.389. The van der Waals surface area contributed by atoms with Crippen molar-refractivity contribution < 1.29 is 55.9 Å². The van der Waals surface area contributed by atoms with Crippen LogP contribution in [-0.2, 0) is 48.9 Å². The number of primary amides is 1. The van der Waals surface area contributed by atoms with E-state index in [2.05, 4.69) is 10.6 Å². The third kappa shape index (κ3) is 24.0. The Morgan fingerprint density at radius 2 is 1.05 bits per heavy atom. The topological polar surface area (TPSA) is 167 Å². The fourth-order valence-electron chi connectivity index (χ4n) is 3.11. The molecule has 0 fully saturated rings. The number of nitrogens with one attached hydrogen (secondary N) is 2. The number of hydrogen-bond donors (Lipinski definition) is 4. The minimum absolute atomic E-state index is 0.0217. The van der Waals surface area contributed by atoms with Gasteiger partial charge in [-0.1, -0.05) is 0 Å². The van der Waals surface area contributed by atoms with E-state index in [0.29, 0.717) is 112 Å². The highest BCUT2D eigenvalue weighted by Gasteiger charge is 2.31. The van der Waals surface area contributed by atoms with Crippen LogP contribution in [0.1, 0.15) is 12.0 Å². The molecule has 0 aliphatic carbocycles. The highest BCUT2D eigenvalue weighted by Crippen LogP contribution is 2.32. The summed E-state index contributed by atoms with van der Waals surface area (Å²) in [6.07, 6.45) is -4.30. The number of amides is 1. The standard InChI is InChI=1S/C27H45F3N4O9S/c28-27(29,30)22-19-23(31)21-24(20-22)34-26(44)33-2-4-37-6-8-39-10-12-41-14-16-43-18-17-42-15-13-40-11-9-38-7-5-36-3-1-25(32)35/h19-21H,1-18,31H2,(H2,32,35)(H2,33,34,44). The molecule has 0 radical (unpaired) electrons. The van der Waals surface area contributed by atoms with E-state index in [1.165, 1.54) is 6.07 Å². The van der Waals surface area contributed by atoms with Crippen molar-refractivity contribution in [3.05, 3.63) is 23.8 Å². The minimum Gasteiger partial charge on any atom is -0.399 e. The summed E-state index contributed by atoms with van der Waals surface area (Å²) in [5, 5.41) is 5.68. The summed E-state index contributed by atoms with van der Waals surface area (Å²) in [6.45, 7) is 6.99. The highest BCUT2D eigenvalue weighted by molar-refractivity contribution is 7.80. The molecule has 0 unspecified atom stereocenters. The van der Waals surface area contributed by atoms with Crippen LogP contribution in [0.2, 0.25) is 0 Å². The van der Waals surface area contributed by atoms with Crippen LogP contribution in [0.15, 0.2) is 18.2 Å². The molecular weight excluding hydrogens is 613 g/mol. The molecule has 0 saturated carbocycles. The fourth-order valence-corrected chi connectivity index (χ4v) is 3.33. The molecule has 0 atom stereocenters. The lowest BCUT2D eigenvalue weighted by Crippen LogP contribution is -2.31. The first-order chi connectivity index (χ1) is 21.2. The van der Waals surface area contributed by atoms with Gasteiger partial charge in [0.2, 0.25) is 5.91 Å². The Hall–Kier alpha value is -2.35. The van der Waals surface area contributed by atoms with E-state index in [1.807, 2.05) is 0 Å². The number of carbonyl (C=O) groups excluding carboxylic acids is 1. The van der Waals surface area contributed by atoms with E-state index in [1.54, 1.807) is 0 Å². The van der Waals surface area contributed by atoms with Crippen LogP contribution in [0.3, 0.4) is 0 Å². The molecule has 1 aromatic carbocycles. The van der Waals surface area contributed by atoms with E-state index in [9.17, 15) is 18.0 Å². The lowest BCUT2D eigenvalue weighted by atomic mass is 10.1. The zero-order chi connectivity index (χ0) is 32.3. The number of nitrogen functional groups attached to an aromatic ring is 1. The fraction of sp³-hybridized carbons (Fsp3) is 0.704. The van der Waals surface area contributed by atoms with Crippen LogP contribution in [-0.4, -0.2) is 123 Å². The maximum atomic E-state index is 12.9. The average Bonchev–Trinajstić information content (AvgIpc) is 2.95. The molecule has 1 amide bonds. The summed E-state index contributed by atoms with van der Waals surface area (Å²) < 4.78 is 81.7. The zero-order valence-electron chi connectivity index (χ0n) is 24.8. The van der Waals surface area contributed by atoms with Crippen LogP contribution in [0.4, 0.5) is 24.5 Å². The highest BCUT2D eigenvalue weighted by atomic mass is 32.1. The number of halogens is 3. The Morgan fingerprint density at radius 1 is 0.659 bits per heavy atom. The SMILES string of the molecule is NC(=O)CCOCCOCCOCCOCCOCCOCCOCCOCCNC(=S)Nc1cc(N)cc(C(F)(F)F)c1. The molecule has 44 heavy (non-hydrogen) atoms. The number of ether oxygens (including phenoxy) is 8. The quantitative estimate of drug-likeness (QED) is 0.0583. The van der Waals surface area contributed by atoms with Crippen molar-refractivity contribution in [1.29, 1.82) is 0 Å². The zero-order valence-corrected chi connectivity index (χ0v) is 25.6. The molecule has 17 heteroatoms. The van der Waals surface area contributed by atoms with Crippen molar-refractivity contribution in [3.8, 4) is 0 Å². The van der Waals surface area contributed by atoms with Crippen LogP contribution in [0.25, 0.3) is 0 Å². The van der Waals surface area contributed by atoms with Crippen molar-refractivity contribution in [1.82, 2.24) is 5.32 Å². The smallest absolute Gasteiger partial charge is 0.399 e. The number of carbonyl (C=O) groups is 1. The molecule has 1 aromatic rings. The summed E-state index contributed by atoms with van der Waals surface area (Å²) in [7, 11) is 0. The van der Waals surface area contributed by atoms with Crippen LogP contribution >= 0.6 is 12.2 Å².